The van der Waals surface area contributed by atoms with Gasteiger partial charge in [-0.05, 0) is 25.3 Å². The van der Waals surface area contributed by atoms with E-state index in [1.165, 1.54) is 6.42 Å². The number of hydrogen-bond acceptors (Lipinski definition) is 4. The second kappa shape index (κ2) is 7.66. The van der Waals surface area contributed by atoms with Crippen LogP contribution in [0.5, 0.6) is 11.5 Å². The van der Waals surface area contributed by atoms with E-state index in [4.69, 9.17) is 15.9 Å². The number of nitrogens with zero attached hydrogens (tertiary/aromatic N) is 1. The zero-order valence-electron chi connectivity index (χ0n) is 14.7. The van der Waals surface area contributed by atoms with Gasteiger partial charge in [-0.3, -0.25) is 4.90 Å². The Bertz CT molecular complexity index is 648. The van der Waals surface area contributed by atoms with Crippen molar-refractivity contribution in [2.45, 2.75) is 18.9 Å². The maximum absolute atomic E-state index is 12.2. The summed E-state index contributed by atoms with van der Waals surface area (Å²) < 4.78 is 10.4. The predicted octanol–water partition coefficient (Wildman–Crippen LogP) is 2.17. The van der Waals surface area contributed by atoms with E-state index in [1.54, 1.807) is 32.4 Å². The second-order valence-electron chi connectivity index (χ2n) is 6.64. The fourth-order valence-electron chi connectivity index (χ4n) is 3.80. The fraction of sp³-hybridized carbons (Fsp3) is 0.526. The van der Waals surface area contributed by atoms with Gasteiger partial charge >= 0.3 is 6.03 Å². The number of carbonyl (C=O) groups excluding carboxylic acids is 1. The van der Waals surface area contributed by atoms with E-state index in [0.717, 1.165) is 19.5 Å². The molecular formula is C19H25N3O3. The molecule has 134 valence electrons. The first-order valence-corrected chi connectivity index (χ1v) is 8.61. The average molecular weight is 343 g/mol. The summed E-state index contributed by atoms with van der Waals surface area (Å²) >= 11 is 0. The standard InChI is InChI=1S/C19H25N3O3/c1-4-13-12-22-6-5-14(13)7-16(22)11-20-19(23)21-15-8-17(24-2)10-18(9-15)25-3/h1,8-10,13-14,16H,5-7,11-12H2,2-3H3,(H2,20,21,23)/t13-,14+,16+/m0/s1. The third-order valence-corrected chi connectivity index (χ3v) is 5.20. The molecule has 3 fully saturated rings. The molecule has 0 aromatic heterocycles. The molecule has 3 aliphatic rings. The van der Waals surface area contributed by atoms with E-state index < -0.39 is 0 Å². The molecule has 4 rings (SSSR count). The van der Waals surface area contributed by atoms with Crippen LogP contribution in [0.3, 0.4) is 0 Å². The summed E-state index contributed by atoms with van der Waals surface area (Å²) in [7, 11) is 3.16. The van der Waals surface area contributed by atoms with Crippen molar-refractivity contribution in [3.8, 4) is 23.8 Å². The lowest BCUT2D eigenvalue weighted by molar-refractivity contribution is 0.0242. The zero-order valence-corrected chi connectivity index (χ0v) is 14.7. The summed E-state index contributed by atoms with van der Waals surface area (Å²) in [6.45, 7) is 2.65. The summed E-state index contributed by atoms with van der Waals surface area (Å²) in [5, 5.41) is 5.80. The Labute approximate surface area is 148 Å². The molecule has 0 radical (unpaired) electrons. The molecule has 3 aliphatic heterocycles. The number of amides is 2. The van der Waals surface area contributed by atoms with Crippen LogP contribution >= 0.6 is 0 Å². The van der Waals surface area contributed by atoms with Crippen molar-refractivity contribution in [3.05, 3.63) is 18.2 Å². The molecule has 2 amide bonds. The Morgan fingerprint density at radius 3 is 2.60 bits per heavy atom. The SMILES string of the molecule is C#C[C@H]1CN2CC[C@@H]1C[C@@H]2CNC(=O)Nc1cc(OC)cc(OC)c1. The van der Waals surface area contributed by atoms with Crippen molar-refractivity contribution in [3.63, 3.8) is 0 Å². The summed E-state index contributed by atoms with van der Waals surface area (Å²) in [6.07, 6.45) is 7.84. The Morgan fingerprint density at radius 1 is 1.32 bits per heavy atom. The van der Waals surface area contributed by atoms with E-state index in [2.05, 4.69) is 21.5 Å². The number of terminal acetylenes is 1. The lowest BCUT2D eigenvalue weighted by Crippen LogP contribution is -2.56. The van der Waals surface area contributed by atoms with Gasteiger partial charge < -0.3 is 20.1 Å². The van der Waals surface area contributed by atoms with E-state index in [9.17, 15) is 4.79 Å². The highest BCUT2D eigenvalue weighted by Gasteiger charge is 2.39. The van der Waals surface area contributed by atoms with Crippen molar-refractivity contribution in [1.29, 1.82) is 0 Å². The molecule has 6 nitrogen and oxygen atoms in total. The maximum Gasteiger partial charge on any atom is 0.319 e. The van der Waals surface area contributed by atoms with Crippen LogP contribution in [0.2, 0.25) is 0 Å². The highest BCUT2D eigenvalue weighted by Crippen LogP contribution is 2.35. The number of fused-ring (bicyclic) bond motifs is 3. The predicted molar refractivity (Wildman–Crippen MR) is 97.0 cm³/mol. The lowest BCUT2D eigenvalue weighted by Gasteiger charge is -2.48. The van der Waals surface area contributed by atoms with Crippen LogP contribution in [0.25, 0.3) is 0 Å². The van der Waals surface area contributed by atoms with Crippen molar-refractivity contribution in [2.75, 3.05) is 39.2 Å². The third kappa shape index (κ3) is 3.99. The van der Waals surface area contributed by atoms with Crippen LogP contribution < -0.4 is 20.1 Å². The molecule has 3 heterocycles. The molecule has 2 N–H and O–H groups in total. The molecule has 1 unspecified atom stereocenters. The Hall–Kier alpha value is -2.39. The van der Waals surface area contributed by atoms with Gasteiger partial charge in [-0.15, -0.1) is 12.3 Å². The summed E-state index contributed by atoms with van der Waals surface area (Å²) in [5.74, 6) is 5.12. The van der Waals surface area contributed by atoms with E-state index in [0.29, 0.717) is 41.6 Å². The van der Waals surface area contributed by atoms with E-state index >= 15 is 0 Å². The van der Waals surface area contributed by atoms with Gasteiger partial charge in [0.1, 0.15) is 11.5 Å². The fourth-order valence-corrected chi connectivity index (χ4v) is 3.80. The minimum atomic E-state index is -0.230. The van der Waals surface area contributed by atoms with Gasteiger partial charge in [0.15, 0.2) is 0 Å². The van der Waals surface area contributed by atoms with Gasteiger partial charge in [-0.2, -0.15) is 0 Å². The smallest absolute Gasteiger partial charge is 0.319 e. The molecule has 4 atom stereocenters. The van der Waals surface area contributed by atoms with Gasteiger partial charge in [-0.25, -0.2) is 4.79 Å². The molecule has 0 saturated carbocycles. The Balaban J connectivity index is 1.53. The van der Waals surface area contributed by atoms with Crippen molar-refractivity contribution < 1.29 is 14.3 Å². The van der Waals surface area contributed by atoms with Crippen molar-refractivity contribution in [2.24, 2.45) is 11.8 Å². The number of rotatable bonds is 5. The number of methoxy groups -OCH3 is 2. The quantitative estimate of drug-likeness (QED) is 0.805. The van der Waals surface area contributed by atoms with Gasteiger partial charge in [0.2, 0.25) is 0 Å². The van der Waals surface area contributed by atoms with Crippen LogP contribution in [0.15, 0.2) is 18.2 Å². The number of carbonyl (C=O) groups is 1. The number of nitrogens with one attached hydrogen (secondary N) is 2. The number of piperidine rings is 3. The minimum Gasteiger partial charge on any atom is -0.497 e. The molecule has 1 aromatic carbocycles. The van der Waals surface area contributed by atoms with Gasteiger partial charge in [0, 0.05) is 48.9 Å². The molecule has 2 bridgehead atoms. The highest BCUT2D eigenvalue weighted by molar-refractivity contribution is 5.89. The van der Waals surface area contributed by atoms with Crippen LogP contribution in [0.1, 0.15) is 12.8 Å². The van der Waals surface area contributed by atoms with E-state index in [-0.39, 0.29) is 6.03 Å². The van der Waals surface area contributed by atoms with Gasteiger partial charge in [0.25, 0.3) is 0 Å². The largest absolute Gasteiger partial charge is 0.497 e. The maximum atomic E-state index is 12.2. The van der Waals surface area contributed by atoms with Crippen LogP contribution in [-0.4, -0.2) is 50.8 Å². The van der Waals surface area contributed by atoms with Crippen LogP contribution in [0.4, 0.5) is 10.5 Å². The molecule has 0 spiro atoms. The Morgan fingerprint density at radius 2 is 2.04 bits per heavy atom. The summed E-state index contributed by atoms with van der Waals surface area (Å²) in [6, 6.07) is 5.41. The first-order valence-electron chi connectivity index (χ1n) is 8.61. The van der Waals surface area contributed by atoms with E-state index in [1.807, 2.05) is 0 Å². The summed E-state index contributed by atoms with van der Waals surface area (Å²) in [4.78, 5) is 14.6. The molecule has 0 aliphatic carbocycles. The zero-order chi connectivity index (χ0) is 17.8. The first-order chi connectivity index (χ1) is 12.1. The Kier molecular flexibility index (Phi) is 5.34. The molecule has 1 aromatic rings. The number of hydrogen-bond donors (Lipinski definition) is 2. The van der Waals surface area contributed by atoms with Crippen LogP contribution in [0, 0.1) is 24.2 Å². The third-order valence-electron chi connectivity index (χ3n) is 5.20. The molecular weight excluding hydrogens is 318 g/mol. The molecule has 25 heavy (non-hydrogen) atoms. The number of anilines is 1. The summed E-state index contributed by atoms with van der Waals surface area (Å²) in [5.41, 5.74) is 0.631. The topological polar surface area (TPSA) is 62.8 Å². The molecule has 6 heteroatoms. The number of benzene rings is 1. The van der Waals surface area contributed by atoms with Crippen molar-refractivity contribution >= 4 is 11.7 Å². The number of ether oxygens (including phenoxy) is 2. The monoisotopic (exact) mass is 343 g/mol. The molecule has 3 saturated heterocycles. The van der Waals surface area contributed by atoms with Crippen molar-refractivity contribution in [1.82, 2.24) is 10.2 Å². The highest BCUT2D eigenvalue weighted by atomic mass is 16.5. The minimum absolute atomic E-state index is 0.230. The first kappa shape index (κ1) is 17.4. The average Bonchev–Trinajstić information content (AvgIpc) is 2.66. The van der Waals surface area contributed by atoms with Gasteiger partial charge in [0.05, 0.1) is 14.2 Å². The number of urea groups is 1. The normalized spacial score (nSPS) is 27.2. The van der Waals surface area contributed by atoms with Gasteiger partial charge in [-0.1, -0.05) is 0 Å². The van der Waals surface area contributed by atoms with Crippen LogP contribution in [-0.2, 0) is 0 Å². The second-order valence-corrected chi connectivity index (χ2v) is 6.64. The lowest BCUT2D eigenvalue weighted by atomic mass is 9.76.